The van der Waals surface area contributed by atoms with Gasteiger partial charge in [-0.3, -0.25) is 4.79 Å². The zero-order valence-electron chi connectivity index (χ0n) is 17.1. The minimum absolute atomic E-state index is 0.0628. The monoisotopic (exact) mass is 418 g/mol. The second-order valence-electron chi connectivity index (χ2n) is 10.5. The first kappa shape index (κ1) is 19.8. The highest BCUT2D eigenvalue weighted by molar-refractivity contribution is 6.17. The van der Waals surface area contributed by atoms with Crippen molar-refractivity contribution in [3.8, 4) is 0 Å². The third-order valence-electron chi connectivity index (χ3n) is 8.40. The summed E-state index contributed by atoms with van der Waals surface area (Å²) in [5.74, 6) is 1.32. The topological polar surface area (TPSA) is 41.1 Å². The Bertz CT molecular complexity index is 775. The molecule has 2 N–H and O–H groups in total. The summed E-state index contributed by atoms with van der Waals surface area (Å²) in [5, 5.41) is 6.25. The summed E-state index contributed by atoms with van der Waals surface area (Å²) in [6, 6.07) is 10.5. The number of nitrogens with one attached hydrogen (secondary N) is 2. The van der Waals surface area contributed by atoms with Gasteiger partial charge in [0.2, 0.25) is 5.91 Å². The standard InChI is InChI=1S/C24H32ClFN2O/c25-8-7-22-10-17-11-23(14-22,18-4-2-1-3-5-18)16-24(12-17,15-22)21(29)28-20-6-9-27-13-19(20)26/h1-5,17,19-20,27H,6-16H2,(H,28,29)/t17?,19-,20+,22+,23+,24?/m0/s1. The van der Waals surface area contributed by atoms with Crippen LogP contribution in [0, 0.1) is 16.7 Å². The molecular weight excluding hydrogens is 387 g/mol. The molecule has 0 radical (unpaired) electrons. The van der Waals surface area contributed by atoms with Crippen molar-refractivity contribution in [1.82, 2.24) is 10.6 Å². The van der Waals surface area contributed by atoms with E-state index in [1.807, 2.05) is 0 Å². The number of hydrogen-bond acceptors (Lipinski definition) is 2. The first-order chi connectivity index (χ1) is 14.0. The molecule has 2 unspecified atom stereocenters. The van der Waals surface area contributed by atoms with Gasteiger partial charge in [0.15, 0.2) is 0 Å². The average molecular weight is 419 g/mol. The Morgan fingerprint density at radius 2 is 2.00 bits per heavy atom. The molecule has 1 saturated heterocycles. The van der Waals surface area contributed by atoms with Crippen LogP contribution in [0.4, 0.5) is 4.39 Å². The first-order valence-electron chi connectivity index (χ1n) is 11.3. The summed E-state index contributed by atoms with van der Waals surface area (Å²) in [5.41, 5.74) is 1.22. The van der Waals surface area contributed by atoms with E-state index in [1.165, 1.54) is 18.4 Å². The van der Waals surface area contributed by atoms with E-state index in [4.69, 9.17) is 11.6 Å². The Morgan fingerprint density at radius 1 is 1.17 bits per heavy atom. The van der Waals surface area contributed by atoms with Crippen molar-refractivity contribution in [2.75, 3.05) is 19.0 Å². The van der Waals surface area contributed by atoms with Crippen molar-refractivity contribution < 1.29 is 9.18 Å². The van der Waals surface area contributed by atoms with Gasteiger partial charge in [-0.25, -0.2) is 4.39 Å². The molecule has 4 saturated carbocycles. The Balaban J connectivity index is 1.48. The van der Waals surface area contributed by atoms with Gasteiger partial charge < -0.3 is 10.6 Å². The molecule has 1 aliphatic heterocycles. The van der Waals surface area contributed by atoms with Crippen LogP contribution >= 0.6 is 11.6 Å². The maximum atomic E-state index is 14.4. The predicted molar refractivity (Wildman–Crippen MR) is 114 cm³/mol. The number of amides is 1. The lowest BCUT2D eigenvalue weighted by atomic mass is 9.38. The van der Waals surface area contributed by atoms with E-state index < -0.39 is 6.17 Å². The highest BCUT2D eigenvalue weighted by Gasteiger charge is 2.65. The van der Waals surface area contributed by atoms with E-state index in [2.05, 4.69) is 41.0 Å². The van der Waals surface area contributed by atoms with Crippen LogP contribution in [0.15, 0.2) is 30.3 Å². The number of halogens is 2. The Hall–Kier alpha value is -1.13. The highest BCUT2D eigenvalue weighted by Crippen LogP contribution is 2.71. The van der Waals surface area contributed by atoms with Gasteiger partial charge in [-0.2, -0.15) is 0 Å². The molecule has 0 spiro atoms. The molecule has 29 heavy (non-hydrogen) atoms. The molecule has 6 rings (SSSR count). The number of alkyl halides is 2. The van der Waals surface area contributed by atoms with Crippen LogP contribution in [0.5, 0.6) is 0 Å². The van der Waals surface area contributed by atoms with Crippen molar-refractivity contribution >= 4 is 17.5 Å². The molecule has 0 aromatic heterocycles. The van der Waals surface area contributed by atoms with E-state index >= 15 is 0 Å². The maximum Gasteiger partial charge on any atom is 0.226 e. The number of rotatable bonds is 5. The van der Waals surface area contributed by atoms with Gasteiger partial charge in [0.05, 0.1) is 11.5 Å². The highest BCUT2D eigenvalue weighted by atomic mass is 35.5. The predicted octanol–water partition coefficient (Wildman–Crippen LogP) is 4.34. The molecule has 1 aromatic carbocycles. The van der Waals surface area contributed by atoms with Crippen molar-refractivity contribution in [2.45, 2.75) is 69.0 Å². The van der Waals surface area contributed by atoms with E-state index in [-0.39, 0.29) is 28.2 Å². The lowest BCUT2D eigenvalue weighted by Gasteiger charge is -2.66. The minimum atomic E-state index is -0.999. The fourth-order valence-corrected chi connectivity index (χ4v) is 8.19. The molecule has 4 aliphatic carbocycles. The minimum Gasteiger partial charge on any atom is -0.350 e. The van der Waals surface area contributed by atoms with Crippen LogP contribution in [0.2, 0.25) is 0 Å². The van der Waals surface area contributed by atoms with Gasteiger partial charge in [-0.1, -0.05) is 30.3 Å². The van der Waals surface area contributed by atoms with Crippen molar-refractivity contribution in [1.29, 1.82) is 0 Å². The van der Waals surface area contributed by atoms with E-state index in [0.29, 0.717) is 24.8 Å². The first-order valence-corrected chi connectivity index (χ1v) is 11.8. The van der Waals surface area contributed by atoms with Crippen molar-refractivity contribution in [3.05, 3.63) is 35.9 Å². The van der Waals surface area contributed by atoms with Crippen LogP contribution < -0.4 is 10.6 Å². The van der Waals surface area contributed by atoms with Crippen LogP contribution in [0.25, 0.3) is 0 Å². The lowest BCUT2D eigenvalue weighted by Crippen LogP contribution is -2.64. The summed E-state index contributed by atoms with van der Waals surface area (Å²) < 4.78 is 14.4. The van der Waals surface area contributed by atoms with E-state index in [1.54, 1.807) is 0 Å². The van der Waals surface area contributed by atoms with Gasteiger partial charge in [-0.05, 0) is 80.2 Å². The smallest absolute Gasteiger partial charge is 0.226 e. The summed E-state index contributed by atoms with van der Waals surface area (Å²) in [4.78, 5) is 13.7. The number of carbonyl (C=O) groups is 1. The quantitative estimate of drug-likeness (QED) is 0.698. The zero-order valence-corrected chi connectivity index (χ0v) is 17.8. The summed E-state index contributed by atoms with van der Waals surface area (Å²) in [7, 11) is 0. The molecule has 1 amide bonds. The molecule has 3 nitrogen and oxygen atoms in total. The van der Waals surface area contributed by atoms with Crippen LogP contribution in [0.1, 0.15) is 56.9 Å². The van der Waals surface area contributed by atoms with Gasteiger partial charge in [0.1, 0.15) is 6.17 Å². The number of carbonyl (C=O) groups excluding carboxylic acids is 1. The van der Waals surface area contributed by atoms with Gasteiger partial charge in [0, 0.05) is 12.4 Å². The molecular formula is C24H32ClFN2O. The van der Waals surface area contributed by atoms with Gasteiger partial charge >= 0.3 is 0 Å². The largest absolute Gasteiger partial charge is 0.350 e. The van der Waals surface area contributed by atoms with Crippen LogP contribution in [-0.2, 0) is 10.2 Å². The van der Waals surface area contributed by atoms with Gasteiger partial charge in [-0.15, -0.1) is 11.6 Å². The summed E-state index contributed by atoms with van der Waals surface area (Å²) in [6.45, 7) is 1.11. The normalized spacial score (nSPS) is 43.3. The van der Waals surface area contributed by atoms with Crippen molar-refractivity contribution in [3.63, 3.8) is 0 Å². The number of piperidine rings is 1. The Morgan fingerprint density at radius 3 is 2.76 bits per heavy atom. The number of benzene rings is 1. The van der Waals surface area contributed by atoms with Crippen LogP contribution in [-0.4, -0.2) is 37.1 Å². The maximum absolute atomic E-state index is 14.4. The molecule has 6 atom stereocenters. The van der Waals surface area contributed by atoms with E-state index in [0.717, 1.165) is 38.6 Å². The van der Waals surface area contributed by atoms with E-state index in [9.17, 15) is 9.18 Å². The lowest BCUT2D eigenvalue weighted by molar-refractivity contribution is -0.164. The molecule has 5 aliphatic rings. The second kappa shape index (κ2) is 7.23. The Labute approximate surface area is 178 Å². The third kappa shape index (κ3) is 3.31. The van der Waals surface area contributed by atoms with Crippen molar-refractivity contribution in [2.24, 2.45) is 16.7 Å². The second-order valence-corrected chi connectivity index (χ2v) is 10.8. The third-order valence-corrected chi connectivity index (χ3v) is 8.59. The average Bonchev–Trinajstić information content (AvgIpc) is 2.69. The molecule has 5 fully saturated rings. The zero-order chi connectivity index (χ0) is 20.1. The summed E-state index contributed by atoms with van der Waals surface area (Å²) >= 11 is 6.27. The molecule has 5 heteroatoms. The fourth-order valence-electron chi connectivity index (χ4n) is 7.79. The molecule has 1 aromatic rings. The van der Waals surface area contributed by atoms with Gasteiger partial charge in [0.25, 0.3) is 0 Å². The molecule has 158 valence electrons. The summed E-state index contributed by atoms with van der Waals surface area (Å²) in [6.07, 6.45) is 6.94. The Kier molecular flexibility index (Phi) is 4.94. The fraction of sp³-hybridized carbons (Fsp3) is 0.708. The van der Waals surface area contributed by atoms with Crippen LogP contribution in [0.3, 0.4) is 0 Å². The SMILES string of the molecule is O=C(N[C@@H]1CCNC[C@@H]1F)C12CC3C[C@@](CCCl)(C1)C[C@](c1ccccc1)(C3)C2. The molecule has 4 bridgehead atoms. The molecule has 1 heterocycles. The number of hydrogen-bond donors (Lipinski definition) is 2.